The molecule has 9 heteroatoms. The molecule has 114 valence electrons. The second-order valence-electron chi connectivity index (χ2n) is 3.97. The lowest BCUT2D eigenvalue weighted by atomic mass is 10.3. The Hall–Kier alpha value is -2.45. The fourth-order valence-electron chi connectivity index (χ4n) is 1.41. The predicted octanol–water partition coefficient (Wildman–Crippen LogP) is 2.84. The van der Waals surface area contributed by atoms with Crippen molar-refractivity contribution in [3.8, 4) is 5.75 Å². The summed E-state index contributed by atoms with van der Waals surface area (Å²) < 4.78 is 5.82. The summed E-state index contributed by atoms with van der Waals surface area (Å²) in [7, 11) is 0. The first-order valence-electron chi connectivity index (χ1n) is 5.99. The van der Waals surface area contributed by atoms with Crippen molar-refractivity contribution in [2.24, 2.45) is 5.10 Å². The second-order valence-corrected chi connectivity index (χ2v) is 5.72. The van der Waals surface area contributed by atoms with Gasteiger partial charge in [-0.3, -0.25) is 14.9 Å². The van der Waals surface area contributed by atoms with Crippen LogP contribution in [-0.2, 0) is 4.79 Å². The van der Waals surface area contributed by atoms with Gasteiger partial charge in [0.1, 0.15) is 5.75 Å². The summed E-state index contributed by atoms with van der Waals surface area (Å²) in [6, 6.07) is 8.94. The highest BCUT2D eigenvalue weighted by Crippen LogP contribution is 2.19. The van der Waals surface area contributed by atoms with Gasteiger partial charge in [-0.2, -0.15) is 5.10 Å². The molecular formula is C13H10ClN3O4S. The van der Waals surface area contributed by atoms with Gasteiger partial charge in [-0.25, -0.2) is 5.43 Å². The van der Waals surface area contributed by atoms with E-state index in [1.54, 1.807) is 12.1 Å². The lowest BCUT2D eigenvalue weighted by Gasteiger charge is -2.04. The van der Waals surface area contributed by atoms with Crippen LogP contribution in [-0.4, -0.2) is 23.7 Å². The normalized spacial score (nSPS) is 10.6. The summed E-state index contributed by atoms with van der Waals surface area (Å²) in [5.41, 5.74) is 2.26. The number of nitrogens with one attached hydrogen (secondary N) is 1. The van der Waals surface area contributed by atoms with Gasteiger partial charge in [0.2, 0.25) is 0 Å². The van der Waals surface area contributed by atoms with Crippen LogP contribution in [0, 0.1) is 10.1 Å². The van der Waals surface area contributed by atoms with E-state index >= 15 is 0 Å². The molecule has 0 saturated heterocycles. The van der Waals surface area contributed by atoms with Crippen LogP contribution in [0.5, 0.6) is 5.75 Å². The molecule has 2 rings (SSSR count). The van der Waals surface area contributed by atoms with E-state index in [4.69, 9.17) is 16.3 Å². The zero-order valence-electron chi connectivity index (χ0n) is 11.1. The standard InChI is InChI=1S/C13H10ClN3O4S/c14-12-6-5-11(22-12)7-15-16-13(18)8-21-10-3-1-9(2-4-10)17(19)20/h1-7H,8H2,(H,16,18). The van der Waals surface area contributed by atoms with Crippen molar-refractivity contribution >= 4 is 40.7 Å². The van der Waals surface area contributed by atoms with E-state index in [0.29, 0.717) is 10.1 Å². The van der Waals surface area contributed by atoms with Gasteiger partial charge in [0, 0.05) is 17.0 Å². The molecule has 0 fully saturated rings. The number of thiophene rings is 1. The maximum atomic E-state index is 11.5. The molecule has 1 aromatic heterocycles. The number of nitrogens with zero attached hydrogens (tertiary/aromatic N) is 2. The van der Waals surface area contributed by atoms with Crippen LogP contribution in [0.2, 0.25) is 4.34 Å². The Morgan fingerprint density at radius 3 is 2.68 bits per heavy atom. The average molecular weight is 340 g/mol. The zero-order valence-corrected chi connectivity index (χ0v) is 12.6. The third-order valence-corrected chi connectivity index (χ3v) is 3.56. The number of carbonyl (C=O) groups is 1. The molecule has 0 aliphatic carbocycles. The minimum Gasteiger partial charge on any atom is -0.484 e. The molecule has 0 saturated carbocycles. The molecule has 0 aliphatic rings. The predicted molar refractivity (Wildman–Crippen MR) is 83.7 cm³/mol. The molecule has 1 N–H and O–H groups in total. The van der Waals surface area contributed by atoms with Crippen molar-refractivity contribution < 1.29 is 14.5 Å². The van der Waals surface area contributed by atoms with Gasteiger partial charge < -0.3 is 4.74 Å². The van der Waals surface area contributed by atoms with Gasteiger partial charge in [-0.15, -0.1) is 11.3 Å². The number of rotatable bonds is 6. The molecule has 0 bridgehead atoms. The van der Waals surface area contributed by atoms with Gasteiger partial charge in [-0.05, 0) is 24.3 Å². The monoisotopic (exact) mass is 339 g/mol. The highest BCUT2D eigenvalue weighted by Gasteiger charge is 2.06. The Morgan fingerprint density at radius 2 is 2.09 bits per heavy atom. The van der Waals surface area contributed by atoms with E-state index in [2.05, 4.69) is 10.5 Å². The molecule has 0 radical (unpaired) electrons. The summed E-state index contributed by atoms with van der Waals surface area (Å²) in [4.78, 5) is 22.3. The van der Waals surface area contributed by atoms with Crippen molar-refractivity contribution in [2.75, 3.05) is 6.61 Å². The van der Waals surface area contributed by atoms with Gasteiger partial charge in [0.05, 0.1) is 15.5 Å². The molecule has 1 aromatic carbocycles. The van der Waals surface area contributed by atoms with Crippen molar-refractivity contribution in [3.63, 3.8) is 0 Å². The second kappa shape index (κ2) is 7.53. The number of amides is 1. The number of carbonyl (C=O) groups excluding carboxylic acids is 1. The summed E-state index contributed by atoms with van der Waals surface area (Å²) >= 11 is 7.09. The first-order chi connectivity index (χ1) is 10.5. The average Bonchev–Trinajstić information content (AvgIpc) is 2.91. The Labute approximate surface area is 134 Å². The van der Waals surface area contributed by atoms with Crippen molar-refractivity contribution in [1.82, 2.24) is 5.43 Å². The smallest absolute Gasteiger partial charge is 0.277 e. The first kappa shape index (κ1) is 15.9. The van der Waals surface area contributed by atoms with Gasteiger partial charge in [0.15, 0.2) is 6.61 Å². The van der Waals surface area contributed by atoms with E-state index in [-0.39, 0.29) is 12.3 Å². The Morgan fingerprint density at radius 1 is 1.36 bits per heavy atom. The number of hydrogen-bond acceptors (Lipinski definition) is 6. The molecule has 1 heterocycles. The van der Waals surface area contributed by atoms with Crippen LogP contribution in [0.25, 0.3) is 0 Å². The molecular weight excluding hydrogens is 330 g/mol. The molecule has 1 amide bonds. The molecule has 2 aromatic rings. The van der Waals surface area contributed by atoms with E-state index in [1.807, 2.05) is 0 Å². The highest BCUT2D eigenvalue weighted by molar-refractivity contribution is 7.17. The van der Waals surface area contributed by atoms with Crippen LogP contribution in [0.1, 0.15) is 4.88 Å². The molecule has 0 atom stereocenters. The number of non-ortho nitro benzene ring substituents is 1. The van der Waals surface area contributed by atoms with E-state index in [9.17, 15) is 14.9 Å². The fraction of sp³-hybridized carbons (Fsp3) is 0.0769. The minimum absolute atomic E-state index is 0.0454. The topological polar surface area (TPSA) is 93.8 Å². The van der Waals surface area contributed by atoms with E-state index < -0.39 is 10.8 Å². The molecule has 22 heavy (non-hydrogen) atoms. The highest BCUT2D eigenvalue weighted by atomic mass is 35.5. The number of ether oxygens (including phenoxy) is 1. The number of hydrazone groups is 1. The largest absolute Gasteiger partial charge is 0.484 e. The van der Waals surface area contributed by atoms with Crippen LogP contribution in [0.4, 0.5) is 5.69 Å². The Kier molecular flexibility index (Phi) is 5.45. The van der Waals surface area contributed by atoms with Crippen LogP contribution in [0.3, 0.4) is 0 Å². The fourth-order valence-corrected chi connectivity index (χ4v) is 2.34. The third kappa shape index (κ3) is 4.83. The lowest BCUT2D eigenvalue weighted by Crippen LogP contribution is -2.24. The Balaban J connectivity index is 1.77. The summed E-state index contributed by atoms with van der Waals surface area (Å²) in [6.07, 6.45) is 1.47. The SMILES string of the molecule is O=C(COc1ccc([N+](=O)[O-])cc1)NN=Cc1ccc(Cl)s1. The number of halogens is 1. The first-order valence-corrected chi connectivity index (χ1v) is 7.18. The van der Waals surface area contributed by atoms with Gasteiger partial charge in [0.25, 0.3) is 11.6 Å². The van der Waals surface area contributed by atoms with Crippen LogP contribution < -0.4 is 10.2 Å². The number of benzene rings is 1. The summed E-state index contributed by atoms with van der Waals surface area (Å²) in [6.45, 7) is -0.250. The molecule has 7 nitrogen and oxygen atoms in total. The lowest BCUT2D eigenvalue weighted by molar-refractivity contribution is -0.384. The third-order valence-electron chi connectivity index (χ3n) is 2.39. The maximum Gasteiger partial charge on any atom is 0.277 e. The van der Waals surface area contributed by atoms with Crippen LogP contribution in [0.15, 0.2) is 41.5 Å². The molecule has 0 aliphatic heterocycles. The maximum absolute atomic E-state index is 11.5. The molecule has 0 spiro atoms. The number of nitro benzene ring substituents is 1. The van der Waals surface area contributed by atoms with Crippen LogP contribution >= 0.6 is 22.9 Å². The molecule has 0 unspecified atom stereocenters. The van der Waals surface area contributed by atoms with Crippen molar-refractivity contribution in [2.45, 2.75) is 0 Å². The summed E-state index contributed by atoms with van der Waals surface area (Å²) in [5.74, 6) is -0.0907. The van der Waals surface area contributed by atoms with Gasteiger partial charge in [-0.1, -0.05) is 11.6 Å². The minimum atomic E-state index is -0.512. The van der Waals surface area contributed by atoms with E-state index in [0.717, 1.165) is 4.88 Å². The van der Waals surface area contributed by atoms with Gasteiger partial charge >= 0.3 is 0 Å². The summed E-state index contributed by atoms with van der Waals surface area (Å²) in [5, 5.41) is 14.3. The number of nitro groups is 1. The van der Waals surface area contributed by atoms with Crippen molar-refractivity contribution in [1.29, 1.82) is 0 Å². The Bertz CT molecular complexity index is 700. The zero-order chi connectivity index (χ0) is 15.9. The number of hydrogen-bond donors (Lipinski definition) is 1. The van der Waals surface area contributed by atoms with E-state index in [1.165, 1.54) is 41.8 Å². The quantitative estimate of drug-likeness (QED) is 0.497. The van der Waals surface area contributed by atoms with Crippen molar-refractivity contribution in [3.05, 3.63) is 55.7 Å².